The summed E-state index contributed by atoms with van der Waals surface area (Å²) in [5.41, 5.74) is 2.07. The molecule has 2 rings (SSSR count). The largest absolute Gasteiger partial charge is 0.508 e. The van der Waals surface area contributed by atoms with Crippen LogP contribution in [-0.4, -0.2) is 34.9 Å². The fraction of sp³-hybridized carbons (Fsp3) is 0.500. The fourth-order valence-electron chi connectivity index (χ4n) is 2.13. The molecule has 0 unspecified atom stereocenters. The minimum absolute atomic E-state index is 0.0183. The smallest absolute Gasteiger partial charge is 0.431 e. The van der Waals surface area contributed by atoms with E-state index in [1.165, 1.54) is 12.1 Å². The SMILES string of the molecule is CC(C)(C)OC(=O)NOC1CC(NC(=O)c2cccc(O)c2)C1. The number of ether oxygens (including phenoxy) is 1. The fourth-order valence-corrected chi connectivity index (χ4v) is 2.13. The van der Waals surface area contributed by atoms with Crippen LogP contribution in [0.15, 0.2) is 24.3 Å². The molecule has 126 valence electrons. The van der Waals surface area contributed by atoms with Crippen molar-refractivity contribution in [3.8, 4) is 5.75 Å². The molecule has 1 aliphatic carbocycles. The summed E-state index contributed by atoms with van der Waals surface area (Å²) in [5.74, 6) is -0.196. The first kappa shape index (κ1) is 17.1. The summed E-state index contributed by atoms with van der Waals surface area (Å²) in [4.78, 5) is 28.6. The molecule has 1 saturated carbocycles. The number of rotatable bonds is 4. The Balaban J connectivity index is 1.67. The second-order valence-electron chi connectivity index (χ2n) is 6.54. The van der Waals surface area contributed by atoms with Crippen molar-refractivity contribution in [2.75, 3.05) is 0 Å². The summed E-state index contributed by atoms with van der Waals surface area (Å²) in [6.07, 6.45) is 0.405. The van der Waals surface area contributed by atoms with Crippen LogP contribution in [0.2, 0.25) is 0 Å². The van der Waals surface area contributed by atoms with E-state index in [0.29, 0.717) is 18.4 Å². The average Bonchev–Trinajstić information content (AvgIpc) is 2.38. The number of phenols is 1. The van der Waals surface area contributed by atoms with Crippen molar-refractivity contribution < 1.29 is 24.3 Å². The number of hydrogen-bond acceptors (Lipinski definition) is 5. The van der Waals surface area contributed by atoms with Gasteiger partial charge in [0.15, 0.2) is 0 Å². The molecule has 1 aromatic rings. The Morgan fingerprint density at radius 3 is 2.57 bits per heavy atom. The van der Waals surface area contributed by atoms with E-state index >= 15 is 0 Å². The highest BCUT2D eigenvalue weighted by Gasteiger charge is 2.32. The Hall–Kier alpha value is -2.28. The van der Waals surface area contributed by atoms with Gasteiger partial charge >= 0.3 is 6.09 Å². The molecule has 7 heteroatoms. The standard InChI is InChI=1S/C16H22N2O5/c1-16(2,3)22-15(21)18-23-13-8-11(9-13)17-14(20)10-5-4-6-12(19)7-10/h4-7,11,13,19H,8-9H2,1-3H3,(H,17,20)(H,18,21). The van der Waals surface area contributed by atoms with Gasteiger partial charge < -0.3 is 15.2 Å². The lowest BCUT2D eigenvalue weighted by molar-refractivity contribution is -0.0784. The lowest BCUT2D eigenvalue weighted by Gasteiger charge is -2.35. The second kappa shape index (κ2) is 6.87. The van der Waals surface area contributed by atoms with Crippen molar-refractivity contribution in [2.45, 2.75) is 51.4 Å². The summed E-state index contributed by atoms with van der Waals surface area (Å²) in [7, 11) is 0. The van der Waals surface area contributed by atoms with Gasteiger partial charge in [-0.25, -0.2) is 4.79 Å². The maximum atomic E-state index is 12.0. The molecule has 0 aromatic heterocycles. The van der Waals surface area contributed by atoms with E-state index in [2.05, 4.69) is 10.8 Å². The van der Waals surface area contributed by atoms with Gasteiger partial charge in [-0.2, -0.15) is 5.48 Å². The van der Waals surface area contributed by atoms with E-state index in [1.54, 1.807) is 32.9 Å². The molecule has 1 aromatic carbocycles. The number of phenolic OH excluding ortho intramolecular Hbond substituents is 1. The highest BCUT2D eigenvalue weighted by atomic mass is 16.7. The molecule has 0 heterocycles. The summed E-state index contributed by atoms with van der Waals surface area (Å²) in [6, 6.07) is 6.14. The van der Waals surface area contributed by atoms with Crippen molar-refractivity contribution in [3.63, 3.8) is 0 Å². The number of amides is 2. The predicted octanol–water partition coefficient (Wildman–Crippen LogP) is 2.11. The molecule has 0 aliphatic heterocycles. The van der Waals surface area contributed by atoms with Crippen molar-refractivity contribution in [1.29, 1.82) is 0 Å². The number of aromatic hydroxyl groups is 1. The Morgan fingerprint density at radius 1 is 1.26 bits per heavy atom. The van der Waals surface area contributed by atoms with Crippen LogP contribution in [0.25, 0.3) is 0 Å². The monoisotopic (exact) mass is 322 g/mol. The molecule has 1 aliphatic rings. The number of carbonyl (C=O) groups is 2. The maximum absolute atomic E-state index is 12.0. The van der Waals surface area contributed by atoms with Crippen LogP contribution in [-0.2, 0) is 9.57 Å². The van der Waals surface area contributed by atoms with Crippen LogP contribution >= 0.6 is 0 Å². The average molecular weight is 322 g/mol. The number of benzene rings is 1. The van der Waals surface area contributed by atoms with Gasteiger partial charge in [0.1, 0.15) is 11.4 Å². The van der Waals surface area contributed by atoms with E-state index in [4.69, 9.17) is 9.57 Å². The third-order valence-electron chi connectivity index (χ3n) is 3.25. The van der Waals surface area contributed by atoms with E-state index in [1.807, 2.05) is 0 Å². The summed E-state index contributed by atoms with van der Waals surface area (Å²) < 4.78 is 5.05. The number of carbonyl (C=O) groups excluding carboxylic acids is 2. The van der Waals surface area contributed by atoms with Crippen LogP contribution in [0.5, 0.6) is 5.75 Å². The lowest BCUT2D eigenvalue weighted by Crippen LogP contribution is -2.50. The molecule has 2 amide bonds. The topological polar surface area (TPSA) is 96.9 Å². The van der Waals surface area contributed by atoms with Crippen LogP contribution in [0.1, 0.15) is 44.0 Å². The van der Waals surface area contributed by atoms with Gasteiger partial charge in [0.2, 0.25) is 0 Å². The Bertz CT molecular complexity index is 576. The molecule has 0 radical (unpaired) electrons. The summed E-state index contributed by atoms with van der Waals surface area (Å²) in [5, 5.41) is 12.2. The minimum Gasteiger partial charge on any atom is -0.508 e. The molecule has 0 spiro atoms. The zero-order valence-electron chi connectivity index (χ0n) is 13.5. The van der Waals surface area contributed by atoms with Crippen LogP contribution in [0.3, 0.4) is 0 Å². The molecular weight excluding hydrogens is 300 g/mol. The first-order valence-electron chi connectivity index (χ1n) is 7.47. The summed E-state index contributed by atoms with van der Waals surface area (Å²) in [6.45, 7) is 5.30. The van der Waals surface area contributed by atoms with Crippen LogP contribution < -0.4 is 10.8 Å². The van der Waals surface area contributed by atoms with E-state index < -0.39 is 11.7 Å². The Morgan fingerprint density at radius 2 is 1.96 bits per heavy atom. The third kappa shape index (κ3) is 5.45. The molecule has 0 atom stereocenters. The van der Waals surface area contributed by atoms with Crippen LogP contribution in [0, 0.1) is 0 Å². The van der Waals surface area contributed by atoms with E-state index in [0.717, 1.165) is 0 Å². The van der Waals surface area contributed by atoms with Crippen molar-refractivity contribution in [3.05, 3.63) is 29.8 Å². The van der Waals surface area contributed by atoms with E-state index in [-0.39, 0.29) is 23.8 Å². The van der Waals surface area contributed by atoms with Gasteiger partial charge in [-0.05, 0) is 51.8 Å². The quantitative estimate of drug-likeness (QED) is 0.738. The van der Waals surface area contributed by atoms with Crippen molar-refractivity contribution >= 4 is 12.0 Å². The summed E-state index contributed by atoms with van der Waals surface area (Å²) >= 11 is 0. The Labute approximate surface area is 134 Å². The van der Waals surface area contributed by atoms with Gasteiger partial charge in [0, 0.05) is 11.6 Å². The number of hydrogen-bond donors (Lipinski definition) is 3. The minimum atomic E-state index is -0.634. The van der Waals surface area contributed by atoms with Gasteiger partial charge in [-0.15, -0.1) is 0 Å². The Kier molecular flexibility index (Phi) is 5.10. The third-order valence-corrected chi connectivity index (χ3v) is 3.25. The first-order chi connectivity index (χ1) is 10.7. The molecule has 23 heavy (non-hydrogen) atoms. The first-order valence-corrected chi connectivity index (χ1v) is 7.47. The highest BCUT2D eigenvalue weighted by Crippen LogP contribution is 2.23. The maximum Gasteiger partial charge on any atom is 0.431 e. The zero-order valence-corrected chi connectivity index (χ0v) is 13.5. The van der Waals surface area contributed by atoms with Crippen LogP contribution in [0.4, 0.5) is 4.79 Å². The van der Waals surface area contributed by atoms with E-state index in [9.17, 15) is 14.7 Å². The molecule has 7 nitrogen and oxygen atoms in total. The van der Waals surface area contributed by atoms with Crippen molar-refractivity contribution in [2.24, 2.45) is 0 Å². The molecular formula is C16H22N2O5. The molecule has 0 saturated heterocycles. The van der Waals surface area contributed by atoms with Gasteiger partial charge in [0.05, 0.1) is 6.10 Å². The van der Waals surface area contributed by atoms with Crippen molar-refractivity contribution in [1.82, 2.24) is 10.8 Å². The predicted molar refractivity (Wildman–Crippen MR) is 82.8 cm³/mol. The normalized spacial score (nSPS) is 20.3. The molecule has 1 fully saturated rings. The number of hydroxylamine groups is 1. The number of nitrogens with one attached hydrogen (secondary N) is 2. The molecule has 3 N–H and O–H groups in total. The highest BCUT2D eigenvalue weighted by molar-refractivity contribution is 5.94. The van der Waals surface area contributed by atoms with Gasteiger partial charge in [-0.1, -0.05) is 6.07 Å². The van der Waals surface area contributed by atoms with Gasteiger partial charge in [0.25, 0.3) is 5.91 Å². The second-order valence-corrected chi connectivity index (χ2v) is 6.54. The van der Waals surface area contributed by atoms with Gasteiger partial charge in [-0.3, -0.25) is 9.63 Å². The zero-order chi connectivity index (χ0) is 17.0. The lowest BCUT2D eigenvalue weighted by atomic mass is 9.89. The molecule has 0 bridgehead atoms.